The van der Waals surface area contributed by atoms with Gasteiger partial charge in [0.1, 0.15) is 12.1 Å². The number of nitrogens with zero attached hydrogens (tertiary/aromatic N) is 1. The van der Waals surface area contributed by atoms with Gasteiger partial charge in [-0.1, -0.05) is 13.8 Å². The van der Waals surface area contributed by atoms with Crippen molar-refractivity contribution in [3.8, 4) is 0 Å². The first-order chi connectivity index (χ1) is 14.4. The lowest BCUT2D eigenvalue weighted by Crippen LogP contribution is -2.58. The number of amides is 4. The summed E-state index contributed by atoms with van der Waals surface area (Å²) in [5, 5.41) is 23.3. The topological polar surface area (TPSA) is 205 Å². The van der Waals surface area contributed by atoms with Crippen molar-refractivity contribution in [2.24, 2.45) is 17.4 Å². The molecule has 1 aliphatic heterocycles. The van der Waals surface area contributed by atoms with Gasteiger partial charge in [-0.3, -0.25) is 19.2 Å². The number of carboxylic acid groups (broad SMARTS) is 1. The number of likely N-dealkylation sites (tertiary alicyclic amines) is 1. The number of nitrogens with one attached hydrogen (secondary N) is 2. The Morgan fingerprint density at radius 1 is 1.13 bits per heavy atom. The number of carbonyl (C=O) groups is 5. The number of aliphatic hydroxyl groups is 1. The molecule has 1 fully saturated rings. The Hall–Kier alpha value is -2.73. The molecule has 0 aromatic rings. The van der Waals surface area contributed by atoms with E-state index >= 15 is 0 Å². The van der Waals surface area contributed by atoms with Crippen molar-refractivity contribution in [2.45, 2.75) is 76.7 Å². The third-order valence-corrected chi connectivity index (χ3v) is 5.20. The molecule has 4 amide bonds. The highest BCUT2D eigenvalue weighted by atomic mass is 16.4. The number of hydrogen-bond donors (Lipinski definition) is 6. The molecule has 12 heteroatoms. The zero-order valence-electron chi connectivity index (χ0n) is 18.0. The SMILES string of the molecule is CC(C)C(N)C(=O)N1CCCC1C(=O)NC(CCC(N)=O)C(=O)NC(C(=O)O)C(C)O. The van der Waals surface area contributed by atoms with Crippen LogP contribution < -0.4 is 22.1 Å². The molecule has 0 aromatic carbocycles. The molecule has 176 valence electrons. The first kappa shape index (κ1) is 26.3. The van der Waals surface area contributed by atoms with Crippen molar-refractivity contribution < 1.29 is 34.2 Å². The summed E-state index contributed by atoms with van der Waals surface area (Å²) in [5.41, 5.74) is 11.1. The van der Waals surface area contributed by atoms with Crippen molar-refractivity contribution in [1.29, 1.82) is 0 Å². The highest BCUT2D eigenvalue weighted by Crippen LogP contribution is 2.20. The molecule has 0 saturated carbocycles. The van der Waals surface area contributed by atoms with Crippen molar-refractivity contribution in [2.75, 3.05) is 6.54 Å². The van der Waals surface area contributed by atoms with Gasteiger partial charge in [0.15, 0.2) is 6.04 Å². The second kappa shape index (κ2) is 11.6. The van der Waals surface area contributed by atoms with E-state index in [4.69, 9.17) is 16.6 Å². The molecule has 1 rings (SSSR count). The van der Waals surface area contributed by atoms with E-state index in [0.717, 1.165) is 0 Å². The standard InChI is InChI=1S/C19H33N5O7/c1-9(2)14(21)18(29)24-8-4-5-12(24)17(28)22-11(6-7-13(20)26)16(27)23-15(10(3)25)19(30)31/h9-12,14-15,25H,4-8,21H2,1-3H3,(H2,20,26)(H,22,28)(H,23,27)(H,30,31). The van der Waals surface area contributed by atoms with Gasteiger partial charge in [0.05, 0.1) is 12.1 Å². The average molecular weight is 444 g/mol. The summed E-state index contributed by atoms with van der Waals surface area (Å²) in [6.45, 7) is 5.12. The molecule has 0 radical (unpaired) electrons. The van der Waals surface area contributed by atoms with E-state index in [1.807, 2.05) is 0 Å². The summed E-state index contributed by atoms with van der Waals surface area (Å²) < 4.78 is 0. The van der Waals surface area contributed by atoms with Crippen LogP contribution in [0.25, 0.3) is 0 Å². The maximum absolute atomic E-state index is 12.9. The molecule has 12 nitrogen and oxygen atoms in total. The minimum atomic E-state index is -1.60. The van der Waals surface area contributed by atoms with Gasteiger partial charge in [0.2, 0.25) is 23.6 Å². The molecular weight excluding hydrogens is 410 g/mol. The van der Waals surface area contributed by atoms with E-state index in [1.54, 1.807) is 13.8 Å². The average Bonchev–Trinajstić information content (AvgIpc) is 3.16. The van der Waals surface area contributed by atoms with Gasteiger partial charge >= 0.3 is 5.97 Å². The molecule has 0 bridgehead atoms. The van der Waals surface area contributed by atoms with Gasteiger partial charge in [-0.05, 0) is 32.1 Å². The predicted molar refractivity (Wildman–Crippen MR) is 109 cm³/mol. The van der Waals surface area contributed by atoms with Crippen LogP contribution in [0.4, 0.5) is 0 Å². The fourth-order valence-corrected chi connectivity index (χ4v) is 3.25. The molecule has 5 unspecified atom stereocenters. The second-order valence-corrected chi connectivity index (χ2v) is 8.09. The van der Waals surface area contributed by atoms with Crippen molar-refractivity contribution in [3.63, 3.8) is 0 Å². The molecule has 1 heterocycles. The number of carboxylic acids is 1. The van der Waals surface area contributed by atoms with Crippen LogP contribution in [0.5, 0.6) is 0 Å². The first-order valence-electron chi connectivity index (χ1n) is 10.2. The van der Waals surface area contributed by atoms with Crippen LogP contribution in [0, 0.1) is 5.92 Å². The number of hydrogen-bond acceptors (Lipinski definition) is 7. The van der Waals surface area contributed by atoms with Gasteiger partial charge in [-0.15, -0.1) is 0 Å². The summed E-state index contributed by atoms with van der Waals surface area (Å²) >= 11 is 0. The number of rotatable bonds is 11. The lowest BCUT2D eigenvalue weighted by molar-refractivity contribution is -0.145. The quantitative estimate of drug-likeness (QED) is 0.203. The van der Waals surface area contributed by atoms with E-state index in [9.17, 15) is 29.1 Å². The zero-order chi connectivity index (χ0) is 23.9. The Morgan fingerprint density at radius 3 is 2.23 bits per heavy atom. The second-order valence-electron chi connectivity index (χ2n) is 8.09. The summed E-state index contributed by atoms with van der Waals surface area (Å²) in [6.07, 6.45) is -0.857. The van der Waals surface area contributed by atoms with Crippen molar-refractivity contribution in [1.82, 2.24) is 15.5 Å². The molecule has 31 heavy (non-hydrogen) atoms. The van der Waals surface area contributed by atoms with Crippen LogP contribution in [0.3, 0.4) is 0 Å². The lowest BCUT2D eigenvalue weighted by Gasteiger charge is -2.29. The number of primary amides is 1. The van der Waals surface area contributed by atoms with E-state index in [0.29, 0.717) is 19.4 Å². The minimum Gasteiger partial charge on any atom is -0.480 e. The molecule has 0 aromatic heterocycles. The summed E-state index contributed by atoms with van der Waals surface area (Å²) in [4.78, 5) is 61.8. The van der Waals surface area contributed by atoms with Crippen molar-refractivity contribution >= 4 is 29.6 Å². The zero-order valence-corrected chi connectivity index (χ0v) is 18.0. The number of carbonyl (C=O) groups excluding carboxylic acids is 4. The van der Waals surface area contributed by atoms with Gasteiger partial charge in [0, 0.05) is 13.0 Å². The molecule has 1 aliphatic rings. The van der Waals surface area contributed by atoms with Crippen LogP contribution in [0.2, 0.25) is 0 Å². The first-order valence-corrected chi connectivity index (χ1v) is 10.2. The molecule has 8 N–H and O–H groups in total. The number of aliphatic hydroxyl groups excluding tert-OH is 1. The van der Waals surface area contributed by atoms with Crippen LogP contribution in [-0.4, -0.2) is 81.5 Å². The van der Waals surface area contributed by atoms with Gasteiger partial charge in [-0.25, -0.2) is 4.79 Å². The van der Waals surface area contributed by atoms with Crippen LogP contribution in [0.1, 0.15) is 46.5 Å². The third kappa shape index (κ3) is 7.47. The van der Waals surface area contributed by atoms with Gasteiger partial charge in [0.25, 0.3) is 0 Å². The smallest absolute Gasteiger partial charge is 0.328 e. The van der Waals surface area contributed by atoms with Gasteiger partial charge in [-0.2, -0.15) is 0 Å². The summed E-state index contributed by atoms with van der Waals surface area (Å²) in [6, 6.07) is -4.50. The maximum atomic E-state index is 12.9. The van der Waals surface area contributed by atoms with E-state index in [1.165, 1.54) is 11.8 Å². The molecule has 0 spiro atoms. The molecule has 1 saturated heterocycles. The predicted octanol–water partition coefficient (Wildman–Crippen LogP) is -2.34. The summed E-state index contributed by atoms with van der Waals surface area (Å²) in [5.74, 6) is -4.17. The Labute approximate surface area is 180 Å². The Balaban J connectivity index is 2.96. The van der Waals surface area contributed by atoms with Gasteiger partial charge < -0.3 is 37.2 Å². The lowest BCUT2D eigenvalue weighted by atomic mass is 10.0. The van der Waals surface area contributed by atoms with E-state index in [2.05, 4.69) is 10.6 Å². The van der Waals surface area contributed by atoms with Crippen LogP contribution in [0.15, 0.2) is 0 Å². The van der Waals surface area contributed by atoms with E-state index in [-0.39, 0.29) is 24.7 Å². The largest absolute Gasteiger partial charge is 0.480 e. The Morgan fingerprint density at radius 2 is 1.74 bits per heavy atom. The summed E-state index contributed by atoms with van der Waals surface area (Å²) in [7, 11) is 0. The Kier molecular flexibility index (Phi) is 9.85. The minimum absolute atomic E-state index is 0.126. The normalized spacial score (nSPS) is 19.9. The number of nitrogens with two attached hydrogens (primary N) is 2. The molecular formula is C19H33N5O7. The van der Waals surface area contributed by atoms with Crippen LogP contribution >= 0.6 is 0 Å². The van der Waals surface area contributed by atoms with Crippen molar-refractivity contribution in [3.05, 3.63) is 0 Å². The fourth-order valence-electron chi connectivity index (χ4n) is 3.25. The third-order valence-electron chi connectivity index (χ3n) is 5.20. The molecule has 5 atom stereocenters. The highest BCUT2D eigenvalue weighted by molar-refractivity contribution is 5.94. The van der Waals surface area contributed by atoms with Crippen LogP contribution in [-0.2, 0) is 24.0 Å². The maximum Gasteiger partial charge on any atom is 0.328 e. The van der Waals surface area contributed by atoms with E-state index < -0.39 is 54.0 Å². The molecule has 0 aliphatic carbocycles. The Bertz CT molecular complexity index is 697. The highest BCUT2D eigenvalue weighted by Gasteiger charge is 2.38. The fraction of sp³-hybridized carbons (Fsp3) is 0.737. The number of aliphatic carboxylic acids is 1. The monoisotopic (exact) mass is 443 g/mol.